The molecule has 0 aliphatic carbocycles. The molecule has 0 aliphatic rings. The second-order valence-electron chi connectivity index (χ2n) is 3.64. The van der Waals surface area contributed by atoms with Crippen molar-refractivity contribution in [2.75, 3.05) is 4.72 Å². The van der Waals surface area contributed by atoms with Crippen LogP contribution in [0.5, 0.6) is 5.75 Å². The van der Waals surface area contributed by atoms with Gasteiger partial charge in [0.1, 0.15) is 4.21 Å². The zero-order chi connectivity index (χ0) is 13.3. The average molecular weight is 287 g/mol. The number of benzene rings is 1. The van der Waals surface area contributed by atoms with E-state index in [4.69, 9.17) is 5.11 Å². The van der Waals surface area contributed by atoms with Crippen LogP contribution in [0, 0.1) is 12.7 Å². The van der Waals surface area contributed by atoms with E-state index in [2.05, 4.69) is 4.72 Å². The van der Waals surface area contributed by atoms with Crippen LogP contribution in [0.15, 0.2) is 34.5 Å². The molecule has 0 saturated heterocycles. The number of aromatic hydroxyl groups is 1. The number of nitrogens with one attached hydrogen (secondary N) is 1. The molecule has 1 aromatic heterocycles. The Hall–Kier alpha value is -1.60. The highest BCUT2D eigenvalue weighted by Crippen LogP contribution is 2.25. The second-order valence-corrected chi connectivity index (χ2v) is 6.83. The molecule has 96 valence electrons. The summed E-state index contributed by atoms with van der Waals surface area (Å²) in [6.45, 7) is 1.80. The van der Waals surface area contributed by atoms with Gasteiger partial charge in [0, 0.05) is 10.9 Å². The highest BCUT2D eigenvalue weighted by molar-refractivity contribution is 7.94. The van der Waals surface area contributed by atoms with Crippen LogP contribution < -0.4 is 4.72 Å². The lowest BCUT2D eigenvalue weighted by atomic mass is 10.3. The molecule has 4 nitrogen and oxygen atoms in total. The number of aryl methyl sites for hydroxylation is 1. The molecule has 0 bridgehead atoms. The SMILES string of the molecule is Cc1ccc(S(=O)(=O)Nc2ccc(O)c(F)c2)s1. The number of rotatable bonds is 3. The Morgan fingerprint density at radius 3 is 2.56 bits per heavy atom. The van der Waals surface area contributed by atoms with Crippen molar-refractivity contribution in [1.82, 2.24) is 0 Å². The first kappa shape index (κ1) is 12.8. The number of hydrogen-bond donors (Lipinski definition) is 2. The van der Waals surface area contributed by atoms with Gasteiger partial charge in [0.2, 0.25) is 0 Å². The maximum Gasteiger partial charge on any atom is 0.271 e. The lowest BCUT2D eigenvalue weighted by molar-refractivity contribution is 0.432. The fraction of sp³-hybridized carbons (Fsp3) is 0.0909. The van der Waals surface area contributed by atoms with Crippen molar-refractivity contribution in [2.45, 2.75) is 11.1 Å². The smallest absolute Gasteiger partial charge is 0.271 e. The van der Waals surface area contributed by atoms with E-state index in [1.807, 2.05) is 0 Å². The molecule has 2 rings (SSSR count). The number of phenols is 1. The molecule has 0 radical (unpaired) electrons. The van der Waals surface area contributed by atoms with Gasteiger partial charge in [-0.3, -0.25) is 4.72 Å². The fourth-order valence-electron chi connectivity index (χ4n) is 1.33. The van der Waals surface area contributed by atoms with Crippen LogP contribution in [0.4, 0.5) is 10.1 Å². The number of sulfonamides is 1. The minimum Gasteiger partial charge on any atom is -0.505 e. The van der Waals surface area contributed by atoms with Crippen molar-refractivity contribution in [3.05, 3.63) is 41.0 Å². The summed E-state index contributed by atoms with van der Waals surface area (Å²) in [4.78, 5) is 0.868. The molecular formula is C11H10FNO3S2. The molecule has 0 spiro atoms. The van der Waals surface area contributed by atoms with E-state index in [9.17, 15) is 12.8 Å². The minimum atomic E-state index is -3.70. The number of halogens is 1. The van der Waals surface area contributed by atoms with E-state index in [1.165, 1.54) is 12.1 Å². The van der Waals surface area contributed by atoms with Crippen molar-refractivity contribution >= 4 is 27.0 Å². The van der Waals surface area contributed by atoms with Crippen LogP contribution in [0.3, 0.4) is 0 Å². The topological polar surface area (TPSA) is 66.4 Å². The molecule has 2 aromatic rings. The molecule has 0 saturated carbocycles. The standard InChI is InChI=1S/C11H10FNO3S2/c1-7-2-5-11(17-7)18(15,16)13-8-3-4-10(14)9(12)6-8/h2-6,13-14H,1H3. The van der Waals surface area contributed by atoms with Gasteiger partial charge in [-0.05, 0) is 31.2 Å². The van der Waals surface area contributed by atoms with Gasteiger partial charge in [-0.2, -0.15) is 0 Å². The first-order chi connectivity index (χ1) is 8.38. The Morgan fingerprint density at radius 1 is 1.28 bits per heavy atom. The van der Waals surface area contributed by atoms with Crippen LogP contribution in [-0.2, 0) is 10.0 Å². The number of thiophene rings is 1. The van der Waals surface area contributed by atoms with Gasteiger partial charge in [-0.15, -0.1) is 11.3 Å². The van der Waals surface area contributed by atoms with Crippen LogP contribution in [0.25, 0.3) is 0 Å². The number of hydrogen-bond acceptors (Lipinski definition) is 4. The third kappa shape index (κ3) is 2.62. The Morgan fingerprint density at radius 2 is 2.00 bits per heavy atom. The summed E-state index contributed by atoms with van der Waals surface area (Å²) in [5.74, 6) is -1.40. The molecule has 1 aromatic carbocycles. The highest BCUT2D eigenvalue weighted by Gasteiger charge is 2.16. The van der Waals surface area contributed by atoms with E-state index >= 15 is 0 Å². The van der Waals surface area contributed by atoms with Gasteiger partial charge >= 0.3 is 0 Å². The van der Waals surface area contributed by atoms with Crippen LogP contribution in [-0.4, -0.2) is 13.5 Å². The predicted octanol–water partition coefficient (Wildman–Crippen LogP) is 2.70. The quantitative estimate of drug-likeness (QED) is 0.853. The molecule has 0 unspecified atom stereocenters. The number of anilines is 1. The summed E-state index contributed by atoms with van der Waals surface area (Å²) in [5, 5.41) is 9.01. The van der Waals surface area contributed by atoms with Gasteiger partial charge in [0.15, 0.2) is 11.6 Å². The predicted molar refractivity (Wildman–Crippen MR) is 67.9 cm³/mol. The largest absolute Gasteiger partial charge is 0.505 e. The van der Waals surface area contributed by atoms with Crippen LogP contribution in [0.1, 0.15) is 4.88 Å². The van der Waals surface area contributed by atoms with Crippen molar-refractivity contribution in [3.63, 3.8) is 0 Å². The van der Waals surface area contributed by atoms with Crippen molar-refractivity contribution in [1.29, 1.82) is 0 Å². The molecule has 1 heterocycles. The van der Waals surface area contributed by atoms with E-state index in [-0.39, 0.29) is 9.90 Å². The maximum atomic E-state index is 13.1. The summed E-state index contributed by atoms with van der Waals surface area (Å²) in [5.41, 5.74) is 0.0661. The first-order valence-electron chi connectivity index (χ1n) is 4.96. The third-order valence-corrected chi connectivity index (χ3v) is 5.05. The van der Waals surface area contributed by atoms with Crippen LogP contribution >= 0.6 is 11.3 Å². The molecule has 0 aliphatic heterocycles. The summed E-state index contributed by atoms with van der Waals surface area (Å²) >= 11 is 1.13. The van der Waals surface area contributed by atoms with E-state index in [0.717, 1.165) is 28.3 Å². The normalized spacial score (nSPS) is 11.4. The monoisotopic (exact) mass is 287 g/mol. The van der Waals surface area contributed by atoms with Crippen molar-refractivity contribution in [3.8, 4) is 5.75 Å². The molecule has 7 heteroatoms. The molecule has 0 atom stereocenters. The van der Waals surface area contributed by atoms with Gasteiger partial charge in [-0.25, -0.2) is 12.8 Å². The summed E-state index contributed by atoms with van der Waals surface area (Å²) in [6, 6.07) is 6.48. The zero-order valence-electron chi connectivity index (χ0n) is 9.34. The molecule has 2 N–H and O–H groups in total. The zero-order valence-corrected chi connectivity index (χ0v) is 11.0. The molecule has 0 amide bonds. The third-order valence-electron chi connectivity index (χ3n) is 2.18. The second kappa shape index (κ2) is 4.58. The summed E-state index contributed by atoms with van der Waals surface area (Å²) < 4.78 is 39.3. The molecular weight excluding hydrogens is 277 g/mol. The summed E-state index contributed by atoms with van der Waals surface area (Å²) in [7, 11) is -3.70. The minimum absolute atomic E-state index is 0.0661. The Kier molecular flexibility index (Phi) is 3.27. The molecule has 0 fully saturated rings. The molecule has 18 heavy (non-hydrogen) atoms. The highest BCUT2D eigenvalue weighted by atomic mass is 32.2. The van der Waals surface area contributed by atoms with Gasteiger partial charge in [-0.1, -0.05) is 0 Å². The van der Waals surface area contributed by atoms with Crippen molar-refractivity contribution in [2.24, 2.45) is 0 Å². The van der Waals surface area contributed by atoms with Crippen molar-refractivity contribution < 1.29 is 17.9 Å². The van der Waals surface area contributed by atoms with E-state index < -0.39 is 21.6 Å². The summed E-state index contributed by atoms with van der Waals surface area (Å²) in [6.07, 6.45) is 0. The lowest BCUT2D eigenvalue weighted by Crippen LogP contribution is -2.11. The van der Waals surface area contributed by atoms with E-state index in [0.29, 0.717) is 0 Å². The first-order valence-corrected chi connectivity index (χ1v) is 7.26. The Bertz CT molecular complexity index is 679. The van der Waals surface area contributed by atoms with Gasteiger partial charge < -0.3 is 5.11 Å². The Labute approximate surface area is 108 Å². The lowest BCUT2D eigenvalue weighted by Gasteiger charge is -2.06. The average Bonchev–Trinajstić information content (AvgIpc) is 2.71. The van der Waals surface area contributed by atoms with Crippen LogP contribution in [0.2, 0.25) is 0 Å². The Balaban J connectivity index is 2.30. The van der Waals surface area contributed by atoms with Gasteiger partial charge in [0.25, 0.3) is 10.0 Å². The van der Waals surface area contributed by atoms with E-state index in [1.54, 1.807) is 13.0 Å². The number of phenolic OH excluding ortho intramolecular Hbond substituents is 1. The van der Waals surface area contributed by atoms with Gasteiger partial charge in [0.05, 0.1) is 5.69 Å². The fourth-order valence-corrected chi connectivity index (χ4v) is 3.67. The maximum absolute atomic E-state index is 13.1.